The Balaban J connectivity index is 4.29. The van der Waals surface area contributed by atoms with Gasteiger partial charge in [0.15, 0.2) is 6.10 Å². The van der Waals surface area contributed by atoms with Crippen LogP contribution < -0.4 is 0 Å². The number of carbonyl (C=O) groups is 3. The fourth-order valence-corrected chi connectivity index (χ4v) is 8.26. The van der Waals surface area contributed by atoms with Crippen LogP contribution in [-0.2, 0) is 28.6 Å². The van der Waals surface area contributed by atoms with E-state index in [9.17, 15) is 14.4 Å². The van der Waals surface area contributed by atoms with Gasteiger partial charge in [-0.2, -0.15) is 0 Å². The van der Waals surface area contributed by atoms with E-state index in [1.165, 1.54) is 180 Å². The van der Waals surface area contributed by atoms with Crippen molar-refractivity contribution in [2.45, 2.75) is 304 Å². The van der Waals surface area contributed by atoms with Gasteiger partial charge in [-0.3, -0.25) is 14.4 Å². The molecule has 1 unspecified atom stereocenters. The summed E-state index contributed by atoms with van der Waals surface area (Å²) in [6.45, 7) is 13.7. The molecule has 0 bridgehead atoms. The molecule has 0 aromatic heterocycles. The van der Waals surface area contributed by atoms with Crippen LogP contribution >= 0.6 is 0 Å². The lowest BCUT2D eigenvalue weighted by Crippen LogP contribution is -2.30. The first-order valence-electron chi connectivity index (χ1n) is 27.1. The maximum Gasteiger partial charge on any atom is 0.306 e. The van der Waals surface area contributed by atoms with E-state index in [-0.39, 0.29) is 31.1 Å². The number of rotatable bonds is 48. The molecule has 2 atom stereocenters. The second kappa shape index (κ2) is 46.4. The first-order valence-corrected chi connectivity index (χ1v) is 27.1. The summed E-state index contributed by atoms with van der Waals surface area (Å²) in [6, 6.07) is 0. The quantitative estimate of drug-likeness (QED) is 0.0344. The van der Waals surface area contributed by atoms with E-state index in [0.29, 0.717) is 19.3 Å². The van der Waals surface area contributed by atoms with Crippen molar-refractivity contribution in [1.82, 2.24) is 0 Å². The Hall–Kier alpha value is -1.59. The van der Waals surface area contributed by atoms with Crippen LogP contribution in [0.3, 0.4) is 0 Å². The minimum atomic E-state index is -0.763. The number of esters is 3. The molecule has 362 valence electrons. The van der Waals surface area contributed by atoms with Gasteiger partial charge in [0.25, 0.3) is 0 Å². The predicted octanol–water partition coefficient (Wildman–Crippen LogP) is 17.6. The van der Waals surface area contributed by atoms with Crippen LogP contribution in [0.5, 0.6) is 0 Å². The molecule has 0 aliphatic carbocycles. The number of hydrogen-bond acceptors (Lipinski definition) is 6. The molecule has 6 heteroatoms. The lowest BCUT2D eigenvalue weighted by Gasteiger charge is -2.18. The lowest BCUT2D eigenvalue weighted by molar-refractivity contribution is -0.167. The Morgan fingerprint density at radius 1 is 0.328 bits per heavy atom. The number of carbonyl (C=O) groups excluding carboxylic acids is 3. The highest BCUT2D eigenvalue weighted by atomic mass is 16.6. The monoisotopic (exact) mass is 863 g/mol. The molecule has 0 rings (SSSR count). The van der Waals surface area contributed by atoms with E-state index >= 15 is 0 Å². The smallest absolute Gasteiger partial charge is 0.306 e. The second-order valence-corrected chi connectivity index (χ2v) is 20.1. The van der Waals surface area contributed by atoms with Gasteiger partial charge in [0.2, 0.25) is 0 Å². The summed E-state index contributed by atoms with van der Waals surface area (Å²) in [5.74, 6) is 1.67. The largest absolute Gasteiger partial charge is 0.462 e. The predicted molar refractivity (Wildman–Crippen MR) is 261 cm³/mol. The highest BCUT2D eigenvalue weighted by Crippen LogP contribution is 2.18. The lowest BCUT2D eigenvalue weighted by atomic mass is 9.99. The van der Waals surface area contributed by atoms with Crippen molar-refractivity contribution >= 4 is 17.9 Å². The summed E-state index contributed by atoms with van der Waals surface area (Å²) < 4.78 is 16.8. The van der Waals surface area contributed by atoms with Gasteiger partial charge in [-0.15, -0.1) is 0 Å². The Labute approximate surface area is 380 Å². The van der Waals surface area contributed by atoms with Crippen LogP contribution in [0.4, 0.5) is 0 Å². The molecule has 0 aliphatic rings. The third kappa shape index (κ3) is 47.7. The van der Waals surface area contributed by atoms with Crippen molar-refractivity contribution in [1.29, 1.82) is 0 Å². The van der Waals surface area contributed by atoms with E-state index in [2.05, 4.69) is 41.5 Å². The average Bonchev–Trinajstić information content (AvgIpc) is 3.23. The van der Waals surface area contributed by atoms with E-state index < -0.39 is 6.10 Å². The van der Waals surface area contributed by atoms with Gasteiger partial charge in [-0.1, -0.05) is 260 Å². The van der Waals surface area contributed by atoms with Crippen molar-refractivity contribution in [3.05, 3.63) is 0 Å². The fraction of sp³-hybridized carbons (Fsp3) is 0.945. The molecule has 0 saturated heterocycles. The van der Waals surface area contributed by atoms with Gasteiger partial charge in [0.05, 0.1) is 0 Å². The van der Waals surface area contributed by atoms with E-state index in [1.54, 1.807) is 0 Å². The molecule has 0 saturated carbocycles. The molecule has 0 aliphatic heterocycles. The molecule has 0 aromatic rings. The van der Waals surface area contributed by atoms with Gasteiger partial charge in [-0.25, -0.2) is 0 Å². The zero-order chi connectivity index (χ0) is 44.9. The summed E-state index contributed by atoms with van der Waals surface area (Å²) in [6.07, 6.45) is 46.6. The molecule has 0 radical (unpaired) electrons. The van der Waals surface area contributed by atoms with Gasteiger partial charge in [0, 0.05) is 19.3 Å². The summed E-state index contributed by atoms with van der Waals surface area (Å²) in [4.78, 5) is 38.0. The fourth-order valence-electron chi connectivity index (χ4n) is 8.26. The van der Waals surface area contributed by atoms with Crippen molar-refractivity contribution < 1.29 is 28.6 Å². The van der Waals surface area contributed by atoms with Crippen LogP contribution in [-0.4, -0.2) is 37.2 Å². The van der Waals surface area contributed by atoms with Crippen molar-refractivity contribution in [2.24, 2.45) is 17.8 Å². The van der Waals surface area contributed by atoms with Gasteiger partial charge in [-0.05, 0) is 37.0 Å². The third-order valence-corrected chi connectivity index (χ3v) is 12.8. The van der Waals surface area contributed by atoms with E-state index in [0.717, 1.165) is 75.5 Å². The zero-order valence-corrected chi connectivity index (χ0v) is 42.0. The van der Waals surface area contributed by atoms with Crippen LogP contribution in [0.1, 0.15) is 298 Å². The first kappa shape index (κ1) is 59.4. The first-order chi connectivity index (χ1) is 29.6. The van der Waals surface area contributed by atoms with Crippen molar-refractivity contribution in [3.8, 4) is 0 Å². The topological polar surface area (TPSA) is 78.9 Å². The maximum absolute atomic E-state index is 12.8. The Bertz CT molecular complexity index is 947. The molecule has 0 N–H and O–H groups in total. The van der Waals surface area contributed by atoms with Gasteiger partial charge >= 0.3 is 17.9 Å². The Morgan fingerprint density at radius 2 is 0.574 bits per heavy atom. The van der Waals surface area contributed by atoms with Gasteiger partial charge in [0.1, 0.15) is 13.2 Å². The summed E-state index contributed by atoms with van der Waals surface area (Å²) in [7, 11) is 0. The van der Waals surface area contributed by atoms with Crippen LogP contribution in [0.25, 0.3) is 0 Å². The molecule has 0 fully saturated rings. The Morgan fingerprint density at radius 3 is 0.852 bits per heavy atom. The minimum Gasteiger partial charge on any atom is -0.462 e. The standard InChI is InChI=1S/C55H106O6/c1-7-51(6)43-37-31-25-19-12-10-8-9-11-13-20-26-32-38-44-53(56)59-47-52(48-60-54(57)45-39-33-27-22-16-18-24-30-36-42-50(4)5)61-55(58)46-40-34-28-21-15-14-17-23-29-35-41-49(2)3/h49-52H,7-48H2,1-6H3/t51?,52-/m0/s1. The molecule has 0 aromatic carbocycles. The highest BCUT2D eigenvalue weighted by Gasteiger charge is 2.19. The van der Waals surface area contributed by atoms with Gasteiger partial charge < -0.3 is 14.2 Å². The van der Waals surface area contributed by atoms with E-state index in [1.807, 2.05) is 0 Å². The second-order valence-electron chi connectivity index (χ2n) is 20.1. The summed E-state index contributed by atoms with van der Waals surface area (Å²) in [5.41, 5.74) is 0. The van der Waals surface area contributed by atoms with Crippen LogP contribution in [0.2, 0.25) is 0 Å². The molecular weight excluding hydrogens is 757 g/mol. The number of hydrogen-bond donors (Lipinski definition) is 0. The summed E-state index contributed by atoms with van der Waals surface area (Å²) in [5, 5.41) is 0. The minimum absolute atomic E-state index is 0.0645. The number of unbranched alkanes of at least 4 members (excludes halogenated alkanes) is 30. The zero-order valence-electron chi connectivity index (χ0n) is 42.0. The van der Waals surface area contributed by atoms with E-state index in [4.69, 9.17) is 14.2 Å². The van der Waals surface area contributed by atoms with Crippen molar-refractivity contribution in [3.63, 3.8) is 0 Å². The van der Waals surface area contributed by atoms with Crippen LogP contribution in [0.15, 0.2) is 0 Å². The van der Waals surface area contributed by atoms with Crippen LogP contribution in [0, 0.1) is 17.8 Å². The number of ether oxygens (including phenoxy) is 3. The normalized spacial score (nSPS) is 12.6. The third-order valence-electron chi connectivity index (χ3n) is 12.8. The average molecular weight is 863 g/mol. The Kier molecular flexibility index (Phi) is 45.2. The molecule has 61 heavy (non-hydrogen) atoms. The summed E-state index contributed by atoms with van der Waals surface area (Å²) >= 11 is 0. The SMILES string of the molecule is CCC(C)CCCCCCCCCCCCCCCCC(=O)OC[C@@H](COC(=O)CCCCCCCCCCCC(C)C)OC(=O)CCCCCCCCCCCCC(C)C. The van der Waals surface area contributed by atoms with Crippen molar-refractivity contribution in [2.75, 3.05) is 13.2 Å². The molecule has 0 spiro atoms. The highest BCUT2D eigenvalue weighted by molar-refractivity contribution is 5.71. The molecular formula is C55H106O6. The molecule has 0 amide bonds. The molecule has 6 nitrogen and oxygen atoms in total. The molecule has 0 heterocycles. The maximum atomic E-state index is 12.8.